The molecule has 0 radical (unpaired) electrons. The fraction of sp³-hybridized carbons (Fsp3) is 0.941. The number of aliphatic hydroxyl groups is 1. The van der Waals surface area contributed by atoms with Gasteiger partial charge in [0.2, 0.25) is 0 Å². The zero-order valence-electron chi connectivity index (χ0n) is 15.3. The van der Waals surface area contributed by atoms with Crippen LogP contribution < -0.4 is 0 Å². The Labute approximate surface area is 148 Å². The van der Waals surface area contributed by atoms with Crippen molar-refractivity contribution in [2.45, 2.75) is 88.9 Å². The molecule has 0 amide bonds. The van der Waals surface area contributed by atoms with E-state index in [4.69, 9.17) is 23.7 Å². The van der Waals surface area contributed by atoms with E-state index >= 15 is 0 Å². The summed E-state index contributed by atoms with van der Waals surface area (Å²) in [5.41, 5.74) is 0. The summed E-state index contributed by atoms with van der Waals surface area (Å²) < 4.78 is 29.9. The van der Waals surface area contributed by atoms with Crippen LogP contribution in [0.15, 0.2) is 5.10 Å². The Morgan fingerprint density at radius 3 is 2.28 bits per heavy atom. The van der Waals surface area contributed by atoms with Crippen LogP contribution in [-0.2, 0) is 23.7 Å². The van der Waals surface area contributed by atoms with E-state index in [1.165, 1.54) is 6.21 Å². The third kappa shape index (κ3) is 3.43. The monoisotopic (exact) mass is 356 g/mol. The summed E-state index contributed by atoms with van der Waals surface area (Å²) >= 11 is 0. The maximum absolute atomic E-state index is 10.7. The lowest BCUT2D eigenvalue weighted by Gasteiger charge is -2.38. The Balaban J connectivity index is 1.53. The lowest BCUT2D eigenvalue weighted by atomic mass is 9.96. The molecule has 0 bridgehead atoms. The summed E-state index contributed by atoms with van der Waals surface area (Å²) in [6.45, 7) is 9.22. The predicted octanol–water partition coefficient (Wildman–Crippen LogP) is 0.825. The average molecular weight is 356 g/mol. The van der Waals surface area contributed by atoms with Crippen LogP contribution in [0.1, 0.15) is 40.5 Å². The van der Waals surface area contributed by atoms with E-state index in [1.54, 1.807) is 0 Å². The van der Waals surface area contributed by atoms with Gasteiger partial charge >= 0.3 is 0 Å². The SMILES string of the molecule is CC1(C)O[C@@H]2[C@H](O1)[C@H]1OC(C)(C)O[C@H]1O[C@@H]2[C@@H](O)/C=N/N1CCCC1. The van der Waals surface area contributed by atoms with Crippen molar-refractivity contribution in [3.05, 3.63) is 0 Å². The van der Waals surface area contributed by atoms with Gasteiger partial charge in [-0.15, -0.1) is 0 Å². The molecule has 4 saturated heterocycles. The lowest BCUT2D eigenvalue weighted by Crippen LogP contribution is -2.58. The second-order valence-corrected chi connectivity index (χ2v) is 8.05. The largest absolute Gasteiger partial charge is 0.385 e. The summed E-state index contributed by atoms with van der Waals surface area (Å²) in [4.78, 5) is 0. The molecule has 0 saturated carbocycles. The van der Waals surface area contributed by atoms with Gasteiger partial charge in [0.25, 0.3) is 0 Å². The number of ether oxygens (including phenoxy) is 5. The first kappa shape index (κ1) is 17.6. The van der Waals surface area contributed by atoms with Gasteiger partial charge in [-0.1, -0.05) is 0 Å². The van der Waals surface area contributed by atoms with Gasteiger partial charge in [0.05, 0.1) is 6.21 Å². The van der Waals surface area contributed by atoms with Crippen molar-refractivity contribution in [1.29, 1.82) is 0 Å². The van der Waals surface area contributed by atoms with Crippen molar-refractivity contribution >= 4 is 6.21 Å². The molecule has 4 rings (SSSR count). The minimum absolute atomic E-state index is 0.365. The molecule has 4 aliphatic heterocycles. The van der Waals surface area contributed by atoms with Gasteiger partial charge in [-0.3, -0.25) is 5.01 Å². The van der Waals surface area contributed by atoms with E-state index in [-0.39, 0.29) is 12.2 Å². The molecule has 4 heterocycles. The van der Waals surface area contributed by atoms with E-state index < -0.39 is 36.2 Å². The fourth-order valence-corrected chi connectivity index (χ4v) is 3.98. The number of nitrogens with zero attached hydrogens (tertiary/aromatic N) is 2. The van der Waals surface area contributed by atoms with Gasteiger partial charge in [-0.2, -0.15) is 5.10 Å². The van der Waals surface area contributed by atoms with Crippen LogP contribution >= 0.6 is 0 Å². The minimum Gasteiger partial charge on any atom is -0.385 e. The van der Waals surface area contributed by atoms with Crippen molar-refractivity contribution in [2.75, 3.05) is 13.1 Å². The molecular weight excluding hydrogens is 328 g/mol. The first-order chi connectivity index (χ1) is 11.7. The topological polar surface area (TPSA) is 82.0 Å². The van der Waals surface area contributed by atoms with Crippen molar-refractivity contribution in [3.63, 3.8) is 0 Å². The number of rotatable bonds is 3. The predicted molar refractivity (Wildman–Crippen MR) is 87.8 cm³/mol. The van der Waals surface area contributed by atoms with Crippen LogP contribution in [0.25, 0.3) is 0 Å². The molecule has 6 atom stereocenters. The standard InChI is InChI=1S/C17H28N2O6/c1-16(2)22-12-11(10(20)9-18-19-7-5-6-8-19)21-15-14(13(12)23-16)24-17(3,4)25-15/h9-15,20H,5-8H2,1-4H3/b18-9+/t10-,11+,12-,13-,14+,15+/m0/s1. The van der Waals surface area contributed by atoms with Crippen LogP contribution in [0.4, 0.5) is 0 Å². The average Bonchev–Trinajstić information content (AvgIpc) is 3.19. The Bertz CT molecular complexity index is 533. The van der Waals surface area contributed by atoms with Crippen molar-refractivity contribution in [3.8, 4) is 0 Å². The second-order valence-electron chi connectivity index (χ2n) is 8.05. The van der Waals surface area contributed by atoms with Crippen LogP contribution in [0.2, 0.25) is 0 Å². The highest BCUT2D eigenvalue weighted by Crippen LogP contribution is 2.44. The molecule has 4 aliphatic rings. The molecule has 0 aromatic carbocycles. The van der Waals surface area contributed by atoms with Gasteiger partial charge in [-0.25, -0.2) is 0 Å². The summed E-state index contributed by atoms with van der Waals surface area (Å²) in [7, 11) is 0. The first-order valence-corrected chi connectivity index (χ1v) is 9.08. The molecule has 0 aromatic heterocycles. The summed E-state index contributed by atoms with van der Waals surface area (Å²) in [5.74, 6) is -1.53. The molecule has 0 aromatic rings. The second kappa shape index (κ2) is 6.14. The van der Waals surface area contributed by atoms with E-state index in [0.717, 1.165) is 25.9 Å². The number of hydrogen-bond acceptors (Lipinski definition) is 8. The quantitative estimate of drug-likeness (QED) is 0.750. The van der Waals surface area contributed by atoms with E-state index in [9.17, 15) is 5.11 Å². The molecular formula is C17H28N2O6. The van der Waals surface area contributed by atoms with Crippen molar-refractivity contribution < 1.29 is 28.8 Å². The van der Waals surface area contributed by atoms with Crippen LogP contribution in [0, 0.1) is 0 Å². The number of hydrogen-bond donors (Lipinski definition) is 1. The van der Waals surface area contributed by atoms with Gasteiger partial charge in [0.15, 0.2) is 17.9 Å². The highest BCUT2D eigenvalue weighted by Gasteiger charge is 2.61. The van der Waals surface area contributed by atoms with Crippen molar-refractivity contribution in [2.24, 2.45) is 5.10 Å². The molecule has 0 spiro atoms. The van der Waals surface area contributed by atoms with Gasteiger partial charge in [0, 0.05) is 13.1 Å². The molecule has 4 fully saturated rings. The molecule has 0 unspecified atom stereocenters. The Morgan fingerprint density at radius 1 is 0.960 bits per heavy atom. The number of fused-ring (bicyclic) bond motifs is 3. The molecule has 8 heteroatoms. The maximum Gasteiger partial charge on any atom is 0.190 e. The minimum atomic E-state index is -0.918. The molecule has 8 nitrogen and oxygen atoms in total. The molecule has 0 aliphatic carbocycles. The summed E-state index contributed by atoms with van der Waals surface area (Å²) in [6, 6.07) is 0. The van der Waals surface area contributed by atoms with Gasteiger partial charge < -0.3 is 28.8 Å². The Kier molecular flexibility index (Phi) is 4.33. The van der Waals surface area contributed by atoms with Crippen molar-refractivity contribution in [1.82, 2.24) is 5.01 Å². The van der Waals surface area contributed by atoms with Crippen LogP contribution in [0.5, 0.6) is 0 Å². The van der Waals surface area contributed by atoms with Gasteiger partial charge in [-0.05, 0) is 40.5 Å². The maximum atomic E-state index is 10.7. The third-order valence-corrected chi connectivity index (χ3v) is 4.99. The number of aliphatic hydroxyl groups excluding tert-OH is 1. The molecule has 142 valence electrons. The lowest BCUT2D eigenvalue weighted by molar-refractivity contribution is -0.245. The van der Waals surface area contributed by atoms with E-state index in [0.29, 0.717) is 0 Å². The first-order valence-electron chi connectivity index (χ1n) is 9.08. The van der Waals surface area contributed by atoms with E-state index in [2.05, 4.69) is 5.10 Å². The number of hydrazone groups is 1. The molecule has 25 heavy (non-hydrogen) atoms. The fourth-order valence-electron chi connectivity index (χ4n) is 3.98. The zero-order valence-corrected chi connectivity index (χ0v) is 15.3. The van der Waals surface area contributed by atoms with Crippen LogP contribution in [0.3, 0.4) is 0 Å². The normalized spacial score (nSPS) is 43.4. The van der Waals surface area contributed by atoms with E-state index in [1.807, 2.05) is 32.7 Å². The Hall–Kier alpha value is -0.770. The highest BCUT2D eigenvalue weighted by molar-refractivity contribution is 5.63. The smallest absolute Gasteiger partial charge is 0.190 e. The summed E-state index contributed by atoms with van der Waals surface area (Å²) in [5, 5.41) is 17.0. The zero-order chi connectivity index (χ0) is 17.8. The molecule has 1 N–H and O–H groups in total. The third-order valence-electron chi connectivity index (χ3n) is 4.99. The van der Waals surface area contributed by atoms with Gasteiger partial charge in [0.1, 0.15) is 30.5 Å². The summed E-state index contributed by atoms with van der Waals surface area (Å²) in [6.07, 6.45) is 0.443. The Morgan fingerprint density at radius 2 is 1.56 bits per heavy atom. The van der Waals surface area contributed by atoms with Crippen LogP contribution in [-0.4, -0.2) is 77.8 Å². The highest BCUT2D eigenvalue weighted by atomic mass is 16.9.